The first-order valence-electron chi connectivity index (χ1n) is 9.48. The molecule has 0 fully saturated rings. The topological polar surface area (TPSA) is 85.3 Å². The van der Waals surface area contributed by atoms with Crippen LogP contribution in [-0.2, 0) is 4.79 Å². The summed E-state index contributed by atoms with van der Waals surface area (Å²) >= 11 is 13.3. The van der Waals surface area contributed by atoms with E-state index in [0.717, 1.165) is 17.0 Å². The molecule has 10 heteroatoms. The monoisotopic (exact) mass is 485 g/mol. The Morgan fingerprint density at radius 1 is 1.06 bits per heavy atom. The van der Waals surface area contributed by atoms with Gasteiger partial charge in [-0.25, -0.2) is 5.43 Å². The van der Waals surface area contributed by atoms with Gasteiger partial charge in [-0.15, -0.1) is 10.2 Å². The van der Waals surface area contributed by atoms with Crippen LogP contribution in [0.15, 0.2) is 75.3 Å². The number of carbonyl (C=O) groups is 1. The summed E-state index contributed by atoms with van der Waals surface area (Å²) in [6.45, 7) is 1.84. The maximum Gasteiger partial charge on any atom is 0.250 e. The van der Waals surface area contributed by atoms with Crippen molar-refractivity contribution < 1.29 is 9.21 Å². The van der Waals surface area contributed by atoms with Gasteiger partial charge in [-0.05, 0) is 67.6 Å². The summed E-state index contributed by atoms with van der Waals surface area (Å²) in [4.78, 5) is 12.3. The molecule has 2 aromatic heterocycles. The smallest absolute Gasteiger partial charge is 0.250 e. The molecule has 0 atom stereocenters. The van der Waals surface area contributed by atoms with Crippen molar-refractivity contribution in [2.75, 3.05) is 5.75 Å². The zero-order valence-electron chi connectivity index (χ0n) is 16.8. The van der Waals surface area contributed by atoms with Crippen LogP contribution < -0.4 is 5.43 Å². The molecule has 4 aromatic rings. The van der Waals surface area contributed by atoms with Gasteiger partial charge in [0.15, 0.2) is 11.0 Å². The highest BCUT2D eigenvalue weighted by Crippen LogP contribution is 2.29. The summed E-state index contributed by atoms with van der Waals surface area (Å²) in [6, 6.07) is 18.2. The van der Waals surface area contributed by atoms with E-state index >= 15 is 0 Å². The average Bonchev–Trinajstić information content (AvgIpc) is 3.39. The normalized spacial score (nSPS) is 11.2. The summed E-state index contributed by atoms with van der Waals surface area (Å²) in [5.41, 5.74) is 4.14. The van der Waals surface area contributed by atoms with Gasteiger partial charge in [-0.2, -0.15) is 5.10 Å². The number of nitrogens with zero attached hydrogens (tertiary/aromatic N) is 4. The number of amides is 1. The van der Waals surface area contributed by atoms with Crippen molar-refractivity contribution in [3.8, 4) is 17.1 Å². The van der Waals surface area contributed by atoms with Crippen molar-refractivity contribution in [3.05, 3.63) is 82.2 Å². The van der Waals surface area contributed by atoms with Gasteiger partial charge in [-0.1, -0.05) is 35.0 Å². The first kappa shape index (κ1) is 22.1. The molecule has 0 aliphatic rings. The lowest BCUT2D eigenvalue weighted by Crippen LogP contribution is -2.19. The highest BCUT2D eigenvalue weighted by Gasteiger charge is 2.17. The molecular formula is C22H17Cl2N5O2S. The van der Waals surface area contributed by atoms with Crippen LogP contribution in [0.25, 0.3) is 17.1 Å². The third kappa shape index (κ3) is 5.40. The van der Waals surface area contributed by atoms with Crippen molar-refractivity contribution in [2.24, 2.45) is 5.10 Å². The summed E-state index contributed by atoms with van der Waals surface area (Å²) in [5.74, 6) is 1.77. The van der Waals surface area contributed by atoms with Crippen LogP contribution in [0.2, 0.25) is 10.0 Å². The zero-order chi connectivity index (χ0) is 22.5. The number of hydrogen-bond donors (Lipinski definition) is 1. The molecule has 0 saturated heterocycles. The molecule has 0 radical (unpaired) electrons. The van der Waals surface area contributed by atoms with E-state index in [4.69, 9.17) is 27.6 Å². The minimum Gasteiger partial charge on any atom is -0.460 e. The molecule has 1 N–H and O–H groups in total. The first-order chi connectivity index (χ1) is 15.5. The predicted molar refractivity (Wildman–Crippen MR) is 127 cm³/mol. The van der Waals surface area contributed by atoms with Gasteiger partial charge in [0.2, 0.25) is 0 Å². The minimum atomic E-state index is -0.284. The van der Waals surface area contributed by atoms with E-state index < -0.39 is 0 Å². The Hall–Kier alpha value is -3.07. The van der Waals surface area contributed by atoms with Crippen molar-refractivity contribution in [3.63, 3.8) is 0 Å². The standard InChI is InChI=1S/C22H17Cl2N5O2S/c1-14-2-11-19(31-14)12-25-26-20(30)13-32-22-28-27-21(15-3-5-16(23)6-4-15)29(22)18-9-7-17(24)8-10-18/h2-12H,13H2,1H3,(H,26,30)/b25-12-. The Kier molecular flexibility index (Phi) is 6.94. The molecule has 32 heavy (non-hydrogen) atoms. The SMILES string of the molecule is Cc1ccc(/C=N\NC(=O)CSc2nnc(-c3ccc(Cl)cc3)n2-c2ccc(Cl)cc2)o1. The van der Waals surface area contributed by atoms with E-state index in [2.05, 4.69) is 20.7 Å². The van der Waals surface area contributed by atoms with Crippen LogP contribution in [0.1, 0.15) is 11.5 Å². The number of benzene rings is 2. The molecule has 7 nitrogen and oxygen atoms in total. The second kappa shape index (κ2) is 10.0. The Morgan fingerprint density at radius 2 is 1.75 bits per heavy atom. The molecule has 0 spiro atoms. The van der Waals surface area contributed by atoms with E-state index in [1.54, 1.807) is 30.3 Å². The summed E-state index contributed by atoms with van der Waals surface area (Å²) in [7, 11) is 0. The number of nitrogens with one attached hydrogen (secondary N) is 1. The van der Waals surface area contributed by atoms with Gasteiger partial charge < -0.3 is 4.42 Å². The molecule has 1 amide bonds. The molecule has 0 aliphatic carbocycles. The zero-order valence-corrected chi connectivity index (χ0v) is 19.2. The minimum absolute atomic E-state index is 0.0981. The van der Waals surface area contributed by atoms with Gasteiger partial charge >= 0.3 is 0 Å². The Morgan fingerprint density at radius 3 is 2.41 bits per heavy atom. The molecular weight excluding hydrogens is 469 g/mol. The molecule has 0 saturated carbocycles. The number of carbonyl (C=O) groups excluding carboxylic acids is 1. The Labute approximate surface area is 198 Å². The second-order valence-corrected chi connectivity index (χ2v) is 8.47. The third-order valence-electron chi connectivity index (χ3n) is 4.30. The van der Waals surface area contributed by atoms with E-state index in [9.17, 15) is 4.79 Å². The molecule has 2 heterocycles. The van der Waals surface area contributed by atoms with Crippen molar-refractivity contribution in [2.45, 2.75) is 12.1 Å². The molecule has 4 rings (SSSR count). The number of hydrazone groups is 1. The highest BCUT2D eigenvalue weighted by atomic mass is 35.5. The second-order valence-electron chi connectivity index (χ2n) is 6.66. The fourth-order valence-electron chi connectivity index (χ4n) is 2.83. The van der Waals surface area contributed by atoms with E-state index in [1.807, 2.05) is 41.8 Å². The van der Waals surface area contributed by atoms with Crippen LogP contribution in [-0.4, -0.2) is 32.6 Å². The lowest BCUT2D eigenvalue weighted by atomic mass is 10.2. The van der Waals surface area contributed by atoms with Crippen LogP contribution in [0.4, 0.5) is 0 Å². The maximum atomic E-state index is 12.3. The molecule has 0 unspecified atom stereocenters. The highest BCUT2D eigenvalue weighted by molar-refractivity contribution is 7.99. The van der Waals surface area contributed by atoms with Gasteiger partial charge in [0.1, 0.15) is 11.5 Å². The number of thioether (sulfide) groups is 1. The van der Waals surface area contributed by atoms with Gasteiger partial charge in [-0.3, -0.25) is 9.36 Å². The number of hydrogen-bond acceptors (Lipinski definition) is 6. The van der Waals surface area contributed by atoms with Crippen molar-refractivity contribution in [1.29, 1.82) is 0 Å². The van der Waals surface area contributed by atoms with E-state index in [-0.39, 0.29) is 11.7 Å². The summed E-state index contributed by atoms with van der Waals surface area (Å²) < 4.78 is 7.24. The lowest BCUT2D eigenvalue weighted by Gasteiger charge is -2.10. The summed E-state index contributed by atoms with van der Waals surface area (Å²) in [6.07, 6.45) is 1.45. The number of halogens is 2. The van der Waals surface area contributed by atoms with E-state index in [1.165, 1.54) is 18.0 Å². The number of aryl methyl sites for hydroxylation is 1. The quantitative estimate of drug-likeness (QED) is 0.215. The van der Waals surface area contributed by atoms with Crippen molar-refractivity contribution in [1.82, 2.24) is 20.2 Å². The van der Waals surface area contributed by atoms with Gasteiger partial charge in [0.05, 0.1) is 12.0 Å². The number of aromatic nitrogens is 3. The number of rotatable bonds is 7. The first-order valence-corrected chi connectivity index (χ1v) is 11.2. The largest absolute Gasteiger partial charge is 0.460 e. The average molecular weight is 486 g/mol. The third-order valence-corrected chi connectivity index (χ3v) is 5.73. The Balaban J connectivity index is 1.52. The fourth-order valence-corrected chi connectivity index (χ4v) is 3.82. The fraction of sp³-hybridized carbons (Fsp3) is 0.0909. The van der Waals surface area contributed by atoms with Crippen LogP contribution >= 0.6 is 35.0 Å². The lowest BCUT2D eigenvalue weighted by molar-refractivity contribution is -0.118. The molecule has 162 valence electrons. The van der Waals surface area contributed by atoms with Crippen LogP contribution in [0.3, 0.4) is 0 Å². The molecule has 0 aliphatic heterocycles. The van der Waals surface area contributed by atoms with Crippen molar-refractivity contribution >= 4 is 47.1 Å². The molecule has 2 aromatic carbocycles. The predicted octanol–water partition coefficient (Wildman–Crippen LogP) is 5.38. The van der Waals surface area contributed by atoms with Crippen LogP contribution in [0.5, 0.6) is 0 Å². The molecule has 0 bridgehead atoms. The van der Waals surface area contributed by atoms with Gasteiger partial charge in [0.25, 0.3) is 5.91 Å². The van der Waals surface area contributed by atoms with E-state index in [0.29, 0.717) is 26.8 Å². The van der Waals surface area contributed by atoms with Gasteiger partial charge in [0, 0.05) is 21.3 Å². The van der Waals surface area contributed by atoms with Crippen LogP contribution in [0, 0.1) is 6.92 Å². The maximum absolute atomic E-state index is 12.3. The summed E-state index contributed by atoms with van der Waals surface area (Å²) in [5, 5.41) is 14.3. The Bertz CT molecular complexity index is 1250. The number of furan rings is 1.